The van der Waals surface area contributed by atoms with Crippen molar-refractivity contribution in [1.82, 2.24) is 9.97 Å². The maximum absolute atomic E-state index is 11.6. The molecule has 5 nitrogen and oxygen atoms in total. The lowest BCUT2D eigenvalue weighted by atomic mass is 10.2. The van der Waals surface area contributed by atoms with Crippen LogP contribution in [-0.4, -0.2) is 18.4 Å². The van der Waals surface area contributed by atoms with Crippen molar-refractivity contribution in [3.05, 3.63) is 53.7 Å². The average Bonchev–Trinajstić information content (AvgIpc) is 2.80. The fourth-order valence-electron chi connectivity index (χ4n) is 1.22. The van der Waals surface area contributed by atoms with Crippen molar-refractivity contribution in [3.63, 3.8) is 0 Å². The second-order valence-corrected chi connectivity index (χ2v) is 4.86. The van der Waals surface area contributed by atoms with Crippen molar-refractivity contribution >= 4 is 22.0 Å². The number of benzene rings is 1. The summed E-state index contributed by atoms with van der Waals surface area (Å²) in [6.45, 7) is 0. The van der Waals surface area contributed by atoms with E-state index in [0.29, 0.717) is 0 Å². The van der Waals surface area contributed by atoms with E-state index in [2.05, 4.69) is 14.7 Å². The minimum Gasteiger partial charge on any atom is -0.330 e. The first kappa shape index (κ1) is 11.4. The Balaban J connectivity index is 2.10. The molecular weight excluding hydrogens is 238 g/mol. The van der Waals surface area contributed by atoms with Crippen LogP contribution in [0, 0.1) is 0 Å². The van der Waals surface area contributed by atoms with Crippen LogP contribution in [0.4, 0.5) is 5.95 Å². The van der Waals surface area contributed by atoms with E-state index in [1.807, 2.05) is 30.3 Å². The second kappa shape index (κ2) is 4.84. The normalized spacial score (nSPS) is 11.8. The van der Waals surface area contributed by atoms with Gasteiger partial charge in [0, 0.05) is 12.4 Å². The molecule has 2 aromatic rings. The van der Waals surface area contributed by atoms with Crippen LogP contribution in [0.3, 0.4) is 0 Å². The molecule has 0 aliphatic heterocycles. The molecule has 0 amide bonds. The standard InChI is InChI=1S/C11H11N3O2S/c15-17(16,14-11-12-7-8-13-11)9-6-10-4-2-1-3-5-10/h1-9H,(H2,12,13,14)/b9-6+. The number of aromatic amines is 1. The second-order valence-electron chi connectivity index (χ2n) is 3.30. The van der Waals surface area contributed by atoms with Crippen LogP contribution in [0.2, 0.25) is 0 Å². The van der Waals surface area contributed by atoms with Gasteiger partial charge in [0.1, 0.15) is 0 Å². The van der Waals surface area contributed by atoms with Crippen LogP contribution in [0.25, 0.3) is 6.08 Å². The Morgan fingerprint density at radius 3 is 2.65 bits per heavy atom. The van der Waals surface area contributed by atoms with E-state index in [-0.39, 0.29) is 5.95 Å². The van der Waals surface area contributed by atoms with Crippen molar-refractivity contribution in [1.29, 1.82) is 0 Å². The van der Waals surface area contributed by atoms with E-state index in [1.54, 1.807) is 6.20 Å². The summed E-state index contributed by atoms with van der Waals surface area (Å²) in [6, 6.07) is 9.18. The smallest absolute Gasteiger partial charge is 0.257 e. The van der Waals surface area contributed by atoms with E-state index >= 15 is 0 Å². The average molecular weight is 249 g/mol. The first-order chi connectivity index (χ1) is 8.16. The molecule has 1 aromatic carbocycles. The zero-order valence-electron chi connectivity index (χ0n) is 8.87. The van der Waals surface area contributed by atoms with Gasteiger partial charge in [-0.15, -0.1) is 0 Å². The number of anilines is 1. The highest BCUT2D eigenvalue weighted by atomic mass is 32.2. The predicted octanol–water partition coefficient (Wildman–Crippen LogP) is 1.82. The summed E-state index contributed by atoms with van der Waals surface area (Å²) in [6.07, 6.45) is 4.53. The highest BCUT2D eigenvalue weighted by molar-refractivity contribution is 7.95. The van der Waals surface area contributed by atoms with Gasteiger partial charge in [-0.05, 0) is 11.6 Å². The van der Waals surface area contributed by atoms with Gasteiger partial charge in [0.25, 0.3) is 10.0 Å². The minimum atomic E-state index is -3.53. The van der Waals surface area contributed by atoms with E-state index in [9.17, 15) is 8.42 Å². The van der Waals surface area contributed by atoms with Crippen LogP contribution >= 0.6 is 0 Å². The fraction of sp³-hybridized carbons (Fsp3) is 0. The monoisotopic (exact) mass is 249 g/mol. The van der Waals surface area contributed by atoms with Gasteiger partial charge in [-0.3, -0.25) is 0 Å². The number of hydrogen-bond donors (Lipinski definition) is 2. The Morgan fingerprint density at radius 2 is 2.00 bits per heavy atom. The van der Waals surface area contributed by atoms with E-state index in [4.69, 9.17) is 0 Å². The fourth-order valence-corrected chi connectivity index (χ4v) is 2.01. The topological polar surface area (TPSA) is 74.8 Å². The third-order valence-corrected chi connectivity index (χ3v) is 2.95. The molecule has 0 aliphatic carbocycles. The van der Waals surface area contributed by atoms with Crippen molar-refractivity contribution < 1.29 is 8.42 Å². The molecule has 1 aromatic heterocycles. The molecule has 0 fully saturated rings. The lowest BCUT2D eigenvalue weighted by Gasteiger charge is -1.99. The summed E-state index contributed by atoms with van der Waals surface area (Å²) in [5, 5.41) is 1.10. The third kappa shape index (κ3) is 3.46. The molecule has 2 rings (SSSR count). The van der Waals surface area contributed by atoms with Gasteiger partial charge in [-0.1, -0.05) is 30.3 Å². The van der Waals surface area contributed by atoms with Gasteiger partial charge in [0.15, 0.2) is 0 Å². The van der Waals surface area contributed by atoms with Gasteiger partial charge in [-0.25, -0.2) is 18.1 Å². The molecule has 0 radical (unpaired) electrons. The molecule has 17 heavy (non-hydrogen) atoms. The van der Waals surface area contributed by atoms with Crippen LogP contribution in [0.1, 0.15) is 5.56 Å². The van der Waals surface area contributed by atoms with Crippen LogP contribution < -0.4 is 4.72 Å². The Morgan fingerprint density at radius 1 is 1.24 bits per heavy atom. The van der Waals surface area contributed by atoms with Crippen molar-refractivity contribution in [2.45, 2.75) is 0 Å². The number of hydrogen-bond acceptors (Lipinski definition) is 3. The minimum absolute atomic E-state index is 0.197. The first-order valence-electron chi connectivity index (χ1n) is 4.91. The van der Waals surface area contributed by atoms with Crippen LogP contribution in [0.5, 0.6) is 0 Å². The number of sulfonamides is 1. The summed E-state index contributed by atoms with van der Waals surface area (Å²) in [7, 11) is -3.53. The Bertz CT molecular complexity index is 589. The molecule has 0 spiro atoms. The molecule has 2 N–H and O–H groups in total. The summed E-state index contributed by atoms with van der Waals surface area (Å²) < 4.78 is 25.5. The molecule has 0 saturated carbocycles. The largest absolute Gasteiger partial charge is 0.330 e. The van der Waals surface area contributed by atoms with Gasteiger partial charge in [-0.2, -0.15) is 0 Å². The maximum atomic E-state index is 11.6. The zero-order valence-corrected chi connectivity index (χ0v) is 9.68. The molecule has 0 saturated heterocycles. The van der Waals surface area contributed by atoms with Crippen LogP contribution in [-0.2, 0) is 10.0 Å². The van der Waals surface area contributed by atoms with Gasteiger partial charge in [0.2, 0.25) is 5.95 Å². The number of nitrogens with zero attached hydrogens (tertiary/aromatic N) is 1. The lowest BCUT2D eigenvalue weighted by Crippen LogP contribution is -2.09. The van der Waals surface area contributed by atoms with Gasteiger partial charge in [0.05, 0.1) is 5.41 Å². The predicted molar refractivity (Wildman–Crippen MR) is 66.6 cm³/mol. The van der Waals surface area contributed by atoms with Crippen LogP contribution in [0.15, 0.2) is 48.1 Å². The maximum Gasteiger partial charge on any atom is 0.257 e. The van der Waals surface area contributed by atoms with Gasteiger partial charge >= 0.3 is 0 Å². The summed E-state index contributed by atoms with van der Waals surface area (Å²) in [5.74, 6) is 0.197. The van der Waals surface area contributed by atoms with Crippen molar-refractivity contribution in [3.8, 4) is 0 Å². The SMILES string of the molecule is O=S(=O)(/C=C/c1ccccc1)Nc1ncc[nH]1. The summed E-state index contributed by atoms with van der Waals surface area (Å²) in [5.41, 5.74) is 0.817. The van der Waals surface area contributed by atoms with E-state index < -0.39 is 10.0 Å². The highest BCUT2D eigenvalue weighted by Gasteiger charge is 2.06. The molecule has 0 atom stereocenters. The summed E-state index contributed by atoms with van der Waals surface area (Å²) >= 11 is 0. The zero-order chi connectivity index (χ0) is 12.1. The number of H-pyrrole nitrogens is 1. The summed E-state index contributed by atoms with van der Waals surface area (Å²) in [4.78, 5) is 6.43. The van der Waals surface area contributed by atoms with Crippen molar-refractivity contribution in [2.24, 2.45) is 0 Å². The quantitative estimate of drug-likeness (QED) is 0.868. The number of nitrogens with one attached hydrogen (secondary N) is 2. The van der Waals surface area contributed by atoms with E-state index in [0.717, 1.165) is 11.0 Å². The molecule has 0 unspecified atom stereocenters. The molecular formula is C11H11N3O2S. The molecule has 0 aliphatic rings. The first-order valence-corrected chi connectivity index (χ1v) is 6.46. The number of aromatic nitrogens is 2. The van der Waals surface area contributed by atoms with E-state index in [1.165, 1.54) is 12.3 Å². The van der Waals surface area contributed by atoms with Crippen molar-refractivity contribution in [2.75, 3.05) is 4.72 Å². The molecule has 1 heterocycles. The number of rotatable bonds is 4. The Labute approximate surface area is 99.3 Å². The third-order valence-electron chi connectivity index (χ3n) is 1.98. The molecule has 0 bridgehead atoms. The number of imidazole rings is 1. The Hall–Kier alpha value is -2.08. The molecule has 6 heteroatoms. The lowest BCUT2D eigenvalue weighted by molar-refractivity contribution is 0.609. The van der Waals surface area contributed by atoms with Gasteiger partial charge < -0.3 is 4.98 Å². The Kier molecular flexibility index (Phi) is 3.24. The molecule has 88 valence electrons. The highest BCUT2D eigenvalue weighted by Crippen LogP contribution is 2.05.